The smallest absolute Gasteiger partial charge is 0.407 e. The lowest BCUT2D eigenvalue weighted by molar-refractivity contribution is -0.141. The van der Waals surface area contributed by atoms with Crippen molar-refractivity contribution in [1.29, 1.82) is 0 Å². The summed E-state index contributed by atoms with van der Waals surface area (Å²) in [6.07, 6.45) is 5.32. The number of nitrogens with one attached hydrogen (secondary N) is 2. The topological polar surface area (TPSA) is 105 Å². The Morgan fingerprint density at radius 1 is 0.882 bits per heavy atom. The van der Waals surface area contributed by atoms with E-state index in [0.717, 1.165) is 11.1 Å². The lowest BCUT2D eigenvalue weighted by Crippen LogP contribution is -2.39. The van der Waals surface area contributed by atoms with Crippen molar-refractivity contribution < 1.29 is 24.2 Å². The Kier molecular flexibility index (Phi) is 6.09. The maximum Gasteiger partial charge on any atom is 0.407 e. The van der Waals surface area contributed by atoms with E-state index in [1.165, 1.54) is 11.1 Å². The Hall–Kier alpha value is -3.61. The molecule has 5 rings (SSSR count). The van der Waals surface area contributed by atoms with Crippen LogP contribution in [0.25, 0.3) is 11.1 Å². The standard InChI is InChI=1S/C27H28N2O5/c30-25(28-18-12-10-17(14-18)26(31)32)16-9-11-19(13-16)29-27(33)34-15-24-22-7-3-1-5-20(22)21-6-2-4-8-23(21)24/h1-9,11,16-19,24H,10,12-15H2,(H,28,30)(H,29,33)(H,31,32)/t16?,17-,18+,19?/m1/s1. The van der Waals surface area contributed by atoms with Crippen LogP contribution in [0.3, 0.4) is 0 Å². The number of carbonyl (C=O) groups is 3. The van der Waals surface area contributed by atoms with Crippen molar-refractivity contribution in [1.82, 2.24) is 10.6 Å². The minimum atomic E-state index is -0.801. The van der Waals surface area contributed by atoms with E-state index in [-0.39, 0.29) is 42.4 Å². The minimum absolute atomic E-state index is 0.00293. The van der Waals surface area contributed by atoms with E-state index < -0.39 is 12.1 Å². The molecule has 176 valence electrons. The Balaban J connectivity index is 1.11. The molecule has 2 aromatic rings. The van der Waals surface area contributed by atoms with Crippen LogP contribution < -0.4 is 10.6 Å². The van der Waals surface area contributed by atoms with E-state index in [0.29, 0.717) is 25.7 Å². The lowest BCUT2D eigenvalue weighted by atomic mass is 9.98. The predicted molar refractivity (Wildman–Crippen MR) is 126 cm³/mol. The number of carboxylic acid groups (broad SMARTS) is 1. The summed E-state index contributed by atoms with van der Waals surface area (Å²) in [4.78, 5) is 36.2. The van der Waals surface area contributed by atoms with Gasteiger partial charge in [0.05, 0.1) is 17.9 Å². The predicted octanol–water partition coefficient (Wildman–Crippen LogP) is 3.84. The summed E-state index contributed by atoms with van der Waals surface area (Å²) < 4.78 is 5.60. The van der Waals surface area contributed by atoms with Gasteiger partial charge in [-0.15, -0.1) is 0 Å². The summed E-state index contributed by atoms with van der Waals surface area (Å²) in [6.45, 7) is 0.243. The molecule has 0 heterocycles. The van der Waals surface area contributed by atoms with Crippen molar-refractivity contribution in [3.8, 4) is 11.1 Å². The third-order valence-electron chi connectivity index (χ3n) is 7.20. The number of carbonyl (C=O) groups excluding carboxylic acids is 2. The van der Waals surface area contributed by atoms with Gasteiger partial charge in [-0.3, -0.25) is 9.59 Å². The van der Waals surface area contributed by atoms with Crippen molar-refractivity contribution >= 4 is 18.0 Å². The molecular weight excluding hydrogens is 432 g/mol. The fourth-order valence-electron chi connectivity index (χ4n) is 5.44. The molecule has 34 heavy (non-hydrogen) atoms. The molecule has 0 aromatic heterocycles. The number of ether oxygens (including phenoxy) is 1. The van der Waals surface area contributed by atoms with E-state index >= 15 is 0 Å². The number of alkyl carbamates (subject to hydrolysis) is 1. The highest BCUT2D eigenvalue weighted by atomic mass is 16.5. The Morgan fingerprint density at radius 2 is 1.56 bits per heavy atom. The molecule has 0 saturated heterocycles. The van der Waals surface area contributed by atoms with Gasteiger partial charge in [0, 0.05) is 12.0 Å². The first-order valence-electron chi connectivity index (χ1n) is 11.8. The van der Waals surface area contributed by atoms with Gasteiger partial charge in [-0.25, -0.2) is 4.79 Å². The third kappa shape index (κ3) is 4.42. The van der Waals surface area contributed by atoms with E-state index in [2.05, 4.69) is 34.9 Å². The zero-order chi connectivity index (χ0) is 23.7. The molecule has 7 nitrogen and oxygen atoms in total. The first-order chi connectivity index (χ1) is 16.5. The van der Waals surface area contributed by atoms with Crippen LogP contribution in [0.2, 0.25) is 0 Å². The first-order valence-corrected chi connectivity index (χ1v) is 11.8. The highest BCUT2D eigenvalue weighted by Gasteiger charge is 2.34. The fourth-order valence-corrected chi connectivity index (χ4v) is 5.44. The van der Waals surface area contributed by atoms with Crippen LogP contribution in [0.5, 0.6) is 0 Å². The van der Waals surface area contributed by atoms with Gasteiger partial charge in [-0.2, -0.15) is 0 Å². The quantitative estimate of drug-likeness (QED) is 0.568. The monoisotopic (exact) mass is 460 g/mol. The Labute approximate surface area is 198 Å². The normalized spacial score (nSPS) is 24.9. The number of fused-ring (bicyclic) bond motifs is 3. The van der Waals surface area contributed by atoms with Gasteiger partial charge in [-0.1, -0.05) is 60.7 Å². The molecule has 3 N–H and O–H groups in total. The van der Waals surface area contributed by atoms with Crippen LogP contribution in [0.1, 0.15) is 42.7 Å². The summed E-state index contributed by atoms with van der Waals surface area (Å²) >= 11 is 0. The van der Waals surface area contributed by atoms with Gasteiger partial charge in [0.25, 0.3) is 0 Å². The number of rotatable bonds is 6. The SMILES string of the molecule is O=C(NC1C=CC(C(=O)N[C@H]2CC[C@@H](C(=O)O)C2)C1)OCC1c2ccccc2-c2ccccc21. The summed E-state index contributed by atoms with van der Waals surface area (Å²) in [5.74, 6) is -1.65. The second-order valence-electron chi connectivity index (χ2n) is 9.36. The van der Waals surface area contributed by atoms with Gasteiger partial charge in [0.2, 0.25) is 5.91 Å². The first kappa shape index (κ1) is 22.2. The van der Waals surface area contributed by atoms with E-state index in [1.54, 1.807) is 6.08 Å². The van der Waals surface area contributed by atoms with E-state index in [9.17, 15) is 14.4 Å². The van der Waals surface area contributed by atoms with Crippen molar-refractivity contribution in [3.05, 3.63) is 71.8 Å². The molecule has 2 aromatic carbocycles. The van der Waals surface area contributed by atoms with Crippen LogP contribution in [0, 0.1) is 11.8 Å². The fraction of sp³-hybridized carbons (Fsp3) is 0.370. The highest BCUT2D eigenvalue weighted by molar-refractivity contribution is 5.82. The molecule has 1 saturated carbocycles. The second-order valence-corrected chi connectivity index (χ2v) is 9.36. The molecule has 3 aliphatic rings. The molecule has 2 amide bonds. The van der Waals surface area contributed by atoms with Crippen molar-refractivity contribution in [2.24, 2.45) is 11.8 Å². The molecule has 4 atom stereocenters. The molecular formula is C27H28N2O5. The largest absolute Gasteiger partial charge is 0.481 e. The lowest BCUT2D eigenvalue weighted by Gasteiger charge is -2.18. The molecule has 0 bridgehead atoms. The van der Waals surface area contributed by atoms with Crippen molar-refractivity contribution in [2.75, 3.05) is 6.61 Å². The molecule has 0 aliphatic heterocycles. The van der Waals surface area contributed by atoms with Crippen molar-refractivity contribution in [3.63, 3.8) is 0 Å². The van der Waals surface area contributed by atoms with Crippen LogP contribution in [-0.2, 0) is 14.3 Å². The molecule has 7 heteroatoms. The number of benzene rings is 2. The summed E-state index contributed by atoms with van der Waals surface area (Å²) in [6, 6.07) is 16.0. The number of hydrogen-bond donors (Lipinski definition) is 3. The summed E-state index contributed by atoms with van der Waals surface area (Å²) in [5.41, 5.74) is 4.67. The van der Waals surface area contributed by atoms with Crippen LogP contribution in [-0.4, -0.2) is 41.8 Å². The zero-order valence-electron chi connectivity index (χ0n) is 18.8. The summed E-state index contributed by atoms with van der Waals surface area (Å²) in [7, 11) is 0. The average Bonchev–Trinajstić information content (AvgIpc) is 3.56. The Bertz CT molecular complexity index is 1100. The van der Waals surface area contributed by atoms with Gasteiger partial charge in [-0.05, 0) is 47.9 Å². The van der Waals surface area contributed by atoms with Gasteiger partial charge in [0.15, 0.2) is 0 Å². The number of amides is 2. The van der Waals surface area contributed by atoms with Gasteiger partial charge in [0.1, 0.15) is 6.61 Å². The average molecular weight is 461 g/mol. The van der Waals surface area contributed by atoms with E-state index in [1.807, 2.05) is 30.3 Å². The van der Waals surface area contributed by atoms with E-state index in [4.69, 9.17) is 9.84 Å². The third-order valence-corrected chi connectivity index (χ3v) is 7.20. The maximum atomic E-state index is 12.6. The number of carboxylic acids is 1. The van der Waals surface area contributed by atoms with Crippen LogP contribution in [0.4, 0.5) is 4.79 Å². The number of hydrogen-bond acceptors (Lipinski definition) is 4. The highest BCUT2D eigenvalue weighted by Crippen LogP contribution is 2.44. The minimum Gasteiger partial charge on any atom is -0.481 e. The molecule has 2 unspecified atom stereocenters. The van der Waals surface area contributed by atoms with Crippen LogP contribution in [0.15, 0.2) is 60.7 Å². The second kappa shape index (κ2) is 9.33. The molecule has 3 aliphatic carbocycles. The number of aliphatic carboxylic acids is 1. The maximum absolute atomic E-state index is 12.6. The molecule has 0 radical (unpaired) electrons. The van der Waals surface area contributed by atoms with Gasteiger partial charge >= 0.3 is 12.1 Å². The van der Waals surface area contributed by atoms with Crippen molar-refractivity contribution in [2.45, 2.75) is 43.7 Å². The Morgan fingerprint density at radius 3 is 2.21 bits per heavy atom. The molecule has 1 fully saturated rings. The zero-order valence-corrected chi connectivity index (χ0v) is 18.8. The van der Waals surface area contributed by atoms with Crippen LogP contribution >= 0.6 is 0 Å². The molecule has 0 spiro atoms. The summed E-state index contributed by atoms with van der Waals surface area (Å²) in [5, 5.41) is 14.9. The van der Waals surface area contributed by atoms with Gasteiger partial charge < -0.3 is 20.5 Å².